The Kier molecular flexibility index (Phi) is 16.2. The average molecular weight is 1610 g/mol. The maximum Gasteiger partial charge on any atom is 0.167 e. The van der Waals surface area contributed by atoms with Crippen LogP contribution in [0.4, 0.5) is 0 Å². The molecule has 8 nitrogen and oxygen atoms in total. The number of aromatic nitrogens is 4. The number of rotatable bonds is 11. The van der Waals surface area contributed by atoms with Crippen molar-refractivity contribution < 1.29 is 8.83 Å². The SMILES string of the molecule is CCC1C(c2cc3ccccc3c3ccccc23)=NC(c2cc(C3CCc4cc5ccccc5cc4-c4ccccc43)cc3c2oc2ccccc23)=NC1c1cccc(-c2cccc(-c3ccc4cc5c6ccccc6n(-c6cc(-c7nc(-c8ccc9ccccc9c8)nc(-c8cc9ccccc9c9ccccc89)n7)c7oc8ccccc8c7c6)c5cc4c3)c2)c1. The zero-order chi connectivity index (χ0) is 82.8. The van der Waals surface area contributed by atoms with E-state index in [0.29, 0.717) is 28.9 Å². The van der Waals surface area contributed by atoms with E-state index in [2.05, 4.69) is 394 Å². The lowest BCUT2D eigenvalue weighted by Crippen LogP contribution is -2.28. The van der Waals surface area contributed by atoms with E-state index in [0.717, 1.165) is 184 Å². The summed E-state index contributed by atoms with van der Waals surface area (Å²) in [5.41, 5.74) is 23.9. The highest BCUT2D eigenvalue weighted by Crippen LogP contribution is 2.50. The zero-order valence-electron chi connectivity index (χ0n) is 68.8. The smallest absolute Gasteiger partial charge is 0.167 e. The first-order chi connectivity index (χ1) is 62.3. The molecule has 1 aliphatic carbocycles. The van der Waals surface area contributed by atoms with Crippen molar-refractivity contribution in [2.75, 3.05) is 0 Å². The summed E-state index contributed by atoms with van der Waals surface area (Å²) in [7, 11) is 0. The van der Waals surface area contributed by atoms with E-state index in [9.17, 15) is 0 Å². The number of nitrogens with zero attached hydrogens (tertiary/aromatic N) is 6. The molecule has 0 spiro atoms. The van der Waals surface area contributed by atoms with Gasteiger partial charge in [0.25, 0.3) is 0 Å². The number of aryl methyl sites for hydroxylation is 1. The van der Waals surface area contributed by atoms with Crippen molar-refractivity contribution in [3.8, 4) is 73.2 Å². The topological polar surface area (TPSA) is 94.6 Å². The summed E-state index contributed by atoms with van der Waals surface area (Å²) in [6, 6.07) is 142. The fourth-order valence-corrected chi connectivity index (χ4v) is 21.2. The number of benzene rings is 20. The molecule has 24 aromatic rings. The van der Waals surface area contributed by atoms with Gasteiger partial charge in [-0.15, -0.1) is 0 Å². The van der Waals surface area contributed by atoms with Crippen molar-refractivity contribution in [2.45, 2.75) is 38.1 Å². The quantitative estimate of drug-likeness (QED) is 0.120. The lowest BCUT2D eigenvalue weighted by atomic mass is 9.80. The summed E-state index contributed by atoms with van der Waals surface area (Å²) in [6.45, 7) is 2.31. The molecule has 0 bridgehead atoms. The van der Waals surface area contributed by atoms with Gasteiger partial charge < -0.3 is 13.4 Å². The van der Waals surface area contributed by atoms with Crippen LogP contribution in [-0.4, -0.2) is 31.1 Å². The maximum absolute atomic E-state index is 7.17. The molecule has 0 saturated heterocycles. The maximum atomic E-state index is 7.17. The summed E-state index contributed by atoms with van der Waals surface area (Å²) in [4.78, 5) is 28.7. The third-order valence-corrected chi connectivity index (χ3v) is 27.2. The predicted octanol–water partition coefficient (Wildman–Crippen LogP) is 30.9. The Bertz CT molecular complexity index is 8840. The van der Waals surface area contributed by atoms with Crippen LogP contribution in [0.15, 0.2) is 407 Å². The van der Waals surface area contributed by atoms with E-state index in [1.807, 2.05) is 6.07 Å². The number of hydrogen-bond donors (Lipinski definition) is 0. The van der Waals surface area contributed by atoms with Crippen molar-refractivity contribution in [3.63, 3.8) is 0 Å². The van der Waals surface area contributed by atoms with Crippen molar-refractivity contribution in [1.29, 1.82) is 0 Å². The van der Waals surface area contributed by atoms with Crippen LogP contribution in [0.1, 0.15) is 65.1 Å². The lowest BCUT2D eigenvalue weighted by molar-refractivity contribution is 0.533. The van der Waals surface area contributed by atoms with Gasteiger partial charge in [-0.1, -0.05) is 298 Å². The predicted molar refractivity (Wildman–Crippen MR) is 523 cm³/mol. The molecule has 590 valence electrons. The molecule has 20 aromatic carbocycles. The van der Waals surface area contributed by atoms with Gasteiger partial charge in [0.05, 0.1) is 33.9 Å². The largest absolute Gasteiger partial charge is 0.455 e. The third kappa shape index (κ3) is 11.6. The molecule has 4 aromatic heterocycles. The molecule has 0 radical (unpaired) electrons. The molecular formula is C118H76N6O2. The van der Waals surface area contributed by atoms with Crippen LogP contribution in [0.25, 0.3) is 214 Å². The number of para-hydroxylation sites is 3. The molecule has 26 rings (SSSR count). The Morgan fingerprint density at radius 2 is 0.825 bits per heavy atom. The molecule has 5 heterocycles. The van der Waals surface area contributed by atoms with Crippen LogP contribution < -0.4 is 0 Å². The number of aliphatic imine (C=N–C) groups is 2. The van der Waals surface area contributed by atoms with Gasteiger partial charge in [-0.3, -0.25) is 4.99 Å². The molecule has 0 amide bonds. The first kappa shape index (κ1) is 71.7. The molecule has 8 heteroatoms. The Hall–Kier alpha value is -16.0. The highest BCUT2D eigenvalue weighted by Gasteiger charge is 2.36. The van der Waals surface area contributed by atoms with E-state index in [1.54, 1.807) is 0 Å². The van der Waals surface area contributed by atoms with Crippen molar-refractivity contribution in [1.82, 2.24) is 19.5 Å². The molecule has 3 unspecified atom stereocenters. The number of amidine groups is 1. The van der Waals surface area contributed by atoms with Gasteiger partial charge in [0, 0.05) is 66.5 Å². The summed E-state index contributed by atoms with van der Waals surface area (Å²) in [5, 5.41) is 22.7. The van der Waals surface area contributed by atoms with Crippen LogP contribution in [0.5, 0.6) is 0 Å². The number of hydrogen-bond acceptors (Lipinski definition) is 7. The van der Waals surface area contributed by atoms with Crippen LogP contribution in [0.3, 0.4) is 0 Å². The van der Waals surface area contributed by atoms with Gasteiger partial charge >= 0.3 is 0 Å². The summed E-state index contributed by atoms with van der Waals surface area (Å²) < 4.78 is 16.6. The monoisotopic (exact) mass is 1610 g/mol. The average Bonchev–Trinajstić information content (AvgIpc) is 1.52. The fraction of sp³-hybridized carbons (Fsp3) is 0.0593. The second-order valence-electron chi connectivity index (χ2n) is 34.2. The highest BCUT2D eigenvalue weighted by atomic mass is 16.3. The number of fused-ring (bicyclic) bond motifs is 21. The van der Waals surface area contributed by atoms with Crippen molar-refractivity contribution in [3.05, 3.63) is 422 Å². The minimum absolute atomic E-state index is 0.0642. The molecule has 3 atom stereocenters. The van der Waals surface area contributed by atoms with Gasteiger partial charge in [-0.2, -0.15) is 0 Å². The van der Waals surface area contributed by atoms with Crippen LogP contribution in [-0.2, 0) is 6.42 Å². The van der Waals surface area contributed by atoms with Gasteiger partial charge in [-0.05, 0) is 247 Å². The Morgan fingerprint density at radius 3 is 1.56 bits per heavy atom. The second-order valence-corrected chi connectivity index (χ2v) is 34.2. The Morgan fingerprint density at radius 1 is 0.302 bits per heavy atom. The molecule has 2 aliphatic rings. The van der Waals surface area contributed by atoms with Gasteiger partial charge in [-0.25, -0.2) is 19.9 Å². The van der Waals surface area contributed by atoms with Gasteiger partial charge in [0.2, 0.25) is 0 Å². The first-order valence-corrected chi connectivity index (χ1v) is 43.8. The summed E-state index contributed by atoms with van der Waals surface area (Å²) in [6.07, 6.45) is 2.65. The zero-order valence-corrected chi connectivity index (χ0v) is 68.8. The van der Waals surface area contributed by atoms with Crippen LogP contribution in [0, 0.1) is 5.92 Å². The van der Waals surface area contributed by atoms with Crippen molar-refractivity contribution in [2.24, 2.45) is 15.9 Å². The standard InChI is InChI=1S/C118H76N6O2/c1-2-86-111(119-117(120-112(86)101-62-78-29-7-9-35-87(78)90-37-12-15-41-94(90)101)105-65-84(64-102-97-44-18-21-47-109(97)125-113(102)105)89-54-53-80-56-71-27-5-6-28-75(71)60-99(80)93-40-14-11-39-92(89)93)81-34-24-33-74(57-81)72-31-23-32-73(55-72)76-50-51-77-61-100-96-43-17-20-46-107(96)124(108(100)66-83(77)59-76)85-67-103-98-45-19-22-48-110(98)126-114(103)106(68-85)118-122-115(82-52-49-69-25-3-4-26-70(69)58-82)121-116(123-118)104-63-79-30-8-10-36-88(79)91-38-13-16-42-95(91)104/h3-52,55-68,86,89,111H,2,53-54H2,1H3. The molecule has 0 N–H and O–H groups in total. The Labute approximate surface area is 725 Å². The van der Waals surface area contributed by atoms with Crippen LogP contribution >= 0.6 is 0 Å². The van der Waals surface area contributed by atoms with E-state index < -0.39 is 0 Å². The second kappa shape index (κ2) is 28.5. The van der Waals surface area contributed by atoms with E-state index in [4.69, 9.17) is 33.8 Å². The highest BCUT2D eigenvalue weighted by molar-refractivity contribution is 6.26. The Balaban J connectivity index is 0.609. The van der Waals surface area contributed by atoms with Gasteiger partial charge in [0.1, 0.15) is 22.3 Å². The fourth-order valence-electron chi connectivity index (χ4n) is 21.2. The lowest BCUT2D eigenvalue weighted by Gasteiger charge is -2.31. The van der Waals surface area contributed by atoms with E-state index >= 15 is 0 Å². The van der Waals surface area contributed by atoms with Crippen molar-refractivity contribution >= 4 is 153 Å². The van der Waals surface area contributed by atoms with E-state index in [-0.39, 0.29) is 17.9 Å². The number of furan rings is 2. The minimum atomic E-state index is -0.329. The molecule has 126 heavy (non-hydrogen) atoms. The molecular weight excluding hydrogens is 1530 g/mol. The van der Waals surface area contributed by atoms with Gasteiger partial charge in [0.15, 0.2) is 23.3 Å². The normalized spacial score (nSPS) is 14.8. The third-order valence-electron chi connectivity index (χ3n) is 27.2. The minimum Gasteiger partial charge on any atom is -0.455 e. The van der Waals surface area contributed by atoms with Crippen LogP contribution in [0.2, 0.25) is 0 Å². The molecule has 0 fully saturated rings. The molecule has 0 saturated carbocycles. The summed E-state index contributed by atoms with van der Waals surface area (Å²) >= 11 is 0. The summed E-state index contributed by atoms with van der Waals surface area (Å²) in [5.74, 6) is 2.28. The molecule has 1 aliphatic heterocycles. The first-order valence-electron chi connectivity index (χ1n) is 43.8. The van der Waals surface area contributed by atoms with E-state index in [1.165, 1.54) is 65.5 Å².